The van der Waals surface area contributed by atoms with Crippen LogP contribution in [0.2, 0.25) is 0 Å². The van der Waals surface area contributed by atoms with Gasteiger partial charge in [0, 0.05) is 46.7 Å². The van der Waals surface area contributed by atoms with Crippen LogP contribution in [0.25, 0.3) is 5.57 Å². The van der Waals surface area contributed by atoms with Crippen LogP contribution in [0.15, 0.2) is 17.9 Å². The Bertz CT molecular complexity index is 966. The zero-order valence-corrected chi connectivity index (χ0v) is 21.4. The molecule has 1 aromatic carbocycles. The standard InChI is InChI=1S/C26H38N4O4/c1-7-21(31)34-24-23(22-19(3)16-18(2)17-20(22)4)25(32)30(29-12-14-33-15-13-29)26(24)8-10-28(11-9-26)27(5)6/h16-17H,7-15H2,1-6H3. The Morgan fingerprint density at radius 1 is 1.06 bits per heavy atom. The highest BCUT2D eigenvalue weighted by Gasteiger charge is 2.57. The van der Waals surface area contributed by atoms with Crippen LogP contribution in [0.4, 0.5) is 0 Å². The van der Waals surface area contributed by atoms with Crippen LogP contribution in [-0.2, 0) is 19.1 Å². The first kappa shape index (κ1) is 24.9. The number of carbonyl (C=O) groups excluding carboxylic acids is 2. The lowest BCUT2D eigenvalue weighted by Crippen LogP contribution is -2.64. The Morgan fingerprint density at radius 2 is 1.65 bits per heavy atom. The number of hydrogen-bond acceptors (Lipinski definition) is 7. The molecule has 0 bridgehead atoms. The number of morpholine rings is 1. The maximum atomic E-state index is 14.3. The summed E-state index contributed by atoms with van der Waals surface area (Å²) in [6.07, 6.45) is 1.64. The van der Waals surface area contributed by atoms with E-state index in [0.717, 1.165) is 35.3 Å². The third kappa shape index (κ3) is 4.28. The van der Waals surface area contributed by atoms with E-state index in [2.05, 4.69) is 34.1 Å². The topological polar surface area (TPSA) is 65.6 Å². The maximum Gasteiger partial charge on any atom is 0.310 e. The number of nitrogens with zero attached hydrogens (tertiary/aromatic N) is 4. The van der Waals surface area contributed by atoms with Crippen molar-refractivity contribution < 1.29 is 19.1 Å². The SMILES string of the molecule is CCC(=O)OC1=C(c2c(C)cc(C)cc2C)C(=O)N(N2CCOCC2)C12CCN(N(C)C)CC2. The molecule has 0 saturated carbocycles. The summed E-state index contributed by atoms with van der Waals surface area (Å²) in [7, 11) is 4.08. The number of amides is 1. The van der Waals surface area contributed by atoms with Gasteiger partial charge in [-0.05, 0) is 50.3 Å². The molecule has 1 aromatic rings. The third-order valence-electron chi connectivity index (χ3n) is 7.30. The van der Waals surface area contributed by atoms with Gasteiger partial charge in [-0.3, -0.25) is 14.6 Å². The van der Waals surface area contributed by atoms with Crippen LogP contribution >= 0.6 is 0 Å². The highest BCUT2D eigenvalue weighted by molar-refractivity contribution is 6.24. The molecular formula is C26H38N4O4. The highest BCUT2D eigenvalue weighted by Crippen LogP contribution is 2.49. The predicted octanol–water partition coefficient (Wildman–Crippen LogP) is 2.68. The van der Waals surface area contributed by atoms with Crippen molar-refractivity contribution >= 4 is 17.4 Å². The van der Waals surface area contributed by atoms with E-state index in [1.165, 1.54) is 0 Å². The monoisotopic (exact) mass is 470 g/mol. The second-order valence-corrected chi connectivity index (χ2v) is 9.82. The zero-order chi connectivity index (χ0) is 24.6. The third-order valence-corrected chi connectivity index (χ3v) is 7.30. The van der Waals surface area contributed by atoms with E-state index in [-0.39, 0.29) is 18.3 Å². The average Bonchev–Trinajstić information content (AvgIpc) is 3.01. The van der Waals surface area contributed by atoms with Crippen LogP contribution in [0.5, 0.6) is 0 Å². The van der Waals surface area contributed by atoms with Crippen molar-refractivity contribution in [2.45, 2.75) is 52.5 Å². The molecule has 0 aliphatic carbocycles. The second-order valence-electron chi connectivity index (χ2n) is 9.82. The van der Waals surface area contributed by atoms with Crippen LogP contribution in [0.1, 0.15) is 48.4 Å². The van der Waals surface area contributed by atoms with Gasteiger partial charge in [0.25, 0.3) is 5.91 Å². The van der Waals surface area contributed by atoms with Gasteiger partial charge < -0.3 is 9.47 Å². The van der Waals surface area contributed by atoms with Gasteiger partial charge in [-0.15, -0.1) is 0 Å². The summed E-state index contributed by atoms with van der Waals surface area (Å²) < 4.78 is 11.7. The Morgan fingerprint density at radius 3 is 2.18 bits per heavy atom. The number of hydrazine groups is 2. The number of ether oxygens (including phenoxy) is 2. The molecule has 1 spiro atoms. The molecule has 34 heavy (non-hydrogen) atoms. The van der Waals surface area contributed by atoms with E-state index in [1.807, 2.05) is 33.0 Å². The summed E-state index contributed by atoms with van der Waals surface area (Å²) in [6.45, 7) is 11.9. The van der Waals surface area contributed by atoms with E-state index in [4.69, 9.17) is 9.47 Å². The zero-order valence-electron chi connectivity index (χ0n) is 21.4. The van der Waals surface area contributed by atoms with Gasteiger partial charge in [0.1, 0.15) is 11.3 Å². The molecule has 4 rings (SSSR count). The van der Waals surface area contributed by atoms with Crippen molar-refractivity contribution in [3.8, 4) is 0 Å². The van der Waals surface area contributed by atoms with Crippen LogP contribution in [0, 0.1) is 20.8 Å². The highest BCUT2D eigenvalue weighted by atomic mass is 16.5. The lowest BCUT2D eigenvalue weighted by Gasteiger charge is -2.50. The van der Waals surface area contributed by atoms with Crippen molar-refractivity contribution in [3.05, 3.63) is 40.1 Å². The summed E-state index contributed by atoms with van der Waals surface area (Å²) in [5.41, 5.74) is 3.94. The normalized spacial score (nSPS) is 21.7. The molecule has 2 saturated heterocycles. The number of aryl methyl sites for hydroxylation is 3. The van der Waals surface area contributed by atoms with Crippen LogP contribution < -0.4 is 0 Å². The summed E-state index contributed by atoms with van der Waals surface area (Å²) in [6, 6.07) is 4.20. The van der Waals surface area contributed by atoms with Crippen molar-refractivity contribution in [3.63, 3.8) is 0 Å². The van der Waals surface area contributed by atoms with Crippen LogP contribution in [0.3, 0.4) is 0 Å². The Labute approximate surface area is 203 Å². The molecule has 3 heterocycles. The maximum absolute atomic E-state index is 14.3. The summed E-state index contributed by atoms with van der Waals surface area (Å²) in [4.78, 5) is 27.1. The van der Waals surface area contributed by atoms with Gasteiger partial charge in [0.15, 0.2) is 0 Å². The molecule has 0 N–H and O–H groups in total. The molecule has 3 aliphatic rings. The number of esters is 1. The van der Waals surface area contributed by atoms with Gasteiger partial charge in [-0.25, -0.2) is 15.0 Å². The largest absolute Gasteiger partial charge is 0.428 e. The van der Waals surface area contributed by atoms with Gasteiger partial charge in [-0.2, -0.15) is 0 Å². The fourth-order valence-corrected chi connectivity index (χ4v) is 5.71. The first-order valence-corrected chi connectivity index (χ1v) is 12.3. The first-order valence-electron chi connectivity index (χ1n) is 12.3. The fourth-order valence-electron chi connectivity index (χ4n) is 5.71. The molecule has 3 aliphatic heterocycles. The minimum atomic E-state index is -0.690. The molecule has 0 radical (unpaired) electrons. The van der Waals surface area contributed by atoms with E-state index < -0.39 is 5.54 Å². The Balaban J connectivity index is 1.91. The van der Waals surface area contributed by atoms with Gasteiger partial charge in [-0.1, -0.05) is 24.6 Å². The number of benzene rings is 1. The molecule has 0 unspecified atom stereocenters. The summed E-state index contributed by atoms with van der Waals surface area (Å²) in [5, 5.41) is 8.41. The van der Waals surface area contributed by atoms with Crippen molar-refractivity contribution in [2.24, 2.45) is 0 Å². The minimum absolute atomic E-state index is 0.0749. The Hall–Kier alpha value is -2.26. The van der Waals surface area contributed by atoms with Crippen LogP contribution in [-0.4, -0.2) is 90.9 Å². The van der Waals surface area contributed by atoms with E-state index in [9.17, 15) is 9.59 Å². The second kappa shape index (κ2) is 9.77. The lowest BCUT2D eigenvalue weighted by molar-refractivity contribution is -0.179. The predicted molar refractivity (Wildman–Crippen MR) is 130 cm³/mol. The summed E-state index contributed by atoms with van der Waals surface area (Å²) in [5.74, 6) is 0.152. The number of piperidine rings is 1. The molecule has 0 aromatic heterocycles. The fraction of sp³-hybridized carbons (Fsp3) is 0.615. The molecule has 0 atom stereocenters. The number of carbonyl (C=O) groups is 2. The van der Waals surface area contributed by atoms with Crippen molar-refractivity contribution in [2.75, 3.05) is 53.5 Å². The molecule has 2 fully saturated rings. The first-order chi connectivity index (χ1) is 16.2. The van der Waals surface area contributed by atoms with Gasteiger partial charge in [0.2, 0.25) is 0 Å². The van der Waals surface area contributed by atoms with Crippen molar-refractivity contribution in [1.29, 1.82) is 0 Å². The number of rotatable bonds is 5. The quantitative estimate of drug-likeness (QED) is 0.613. The smallest absolute Gasteiger partial charge is 0.310 e. The molecule has 186 valence electrons. The lowest BCUT2D eigenvalue weighted by atomic mass is 9.84. The van der Waals surface area contributed by atoms with Crippen molar-refractivity contribution in [1.82, 2.24) is 20.0 Å². The molecule has 8 nitrogen and oxygen atoms in total. The molecule has 1 amide bonds. The minimum Gasteiger partial charge on any atom is -0.428 e. The van der Waals surface area contributed by atoms with Gasteiger partial charge in [0.05, 0.1) is 18.8 Å². The van der Waals surface area contributed by atoms with Gasteiger partial charge >= 0.3 is 5.97 Å². The summed E-state index contributed by atoms with van der Waals surface area (Å²) >= 11 is 0. The van der Waals surface area contributed by atoms with E-state index >= 15 is 0 Å². The number of hydrogen-bond donors (Lipinski definition) is 0. The Kier molecular flexibility index (Phi) is 7.14. The molecule has 8 heteroatoms. The molecular weight excluding hydrogens is 432 g/mol. The van der Waals surface area contributed by atoms with E-state index in [1.54, 1.807) is 6.92 Å². The average molecular weight is 471 g/mol. The van der Waals surface area contributed by atoms with E-state index in [0.29, 0.717) is 50.5 Å².